The first-order valence-corrected chi connectivity index (χ1v) is 8.76. The van der Waals surface area contributed by atoms with E-state index < -0.39 is 0 Å². The molecule has 2 aliphatic heterocycles. The van der Waals surface area contributed by atoms with Gasteiger partial charge in [0.15, 0.2) is 0 Å². The molecule has 2 aromatic rings. The molecular formula is C20H22N4O. The molecule has 25 heavy (non-hydrogen) atoms. The Morgan fingerprint density at radius 3 is 2.52 bits per heavy atom. The van der Waals surface area contributed by atoms with Crippen molar-refractivity contribution in [2.75, 3.05) is 11.4 Å². The summed E-state index contributed by atoms with van der Waals surface area (Å²) in [5.74, 6) is 0.129. The largest absolute Gasteiger partial charge is 0.307 e. The zero-order valence-electron chi connectivity index (χ0n) is 14.5. The van der Waals surface area contributed by atoms with Crippen molar-refractivity contribution < 1.29 is 4.79 Å². The monoisotopic (exact) mass is 334 g/mol. The predicted octanol–water partition coefficient (Wildman–Crippen LogP) is 3.11. The maximum Gasteiger partial charge on any atom is 0.227 e. The third-order valence-electron chi connectivity index (χ3n) is 4.81. The molecule has 5 heteroatoms. The Morgan fingerprint density at radius 1 is 1.04 bits per heavy atom. The van der Waals surface area contributed by atoms with Crippen LogP contribution in [0.3, 0.4) is 0 Å². The number of para-hydroxylation sites is 1. The van der Waals surface area contributed by atoms with Crippen LogP contribution in [0.25, 0.3) is 11.4 Å². The normalized spacial score (nSPS) is 15.8. The third-order valence-corrected chi connectivity index (χ3v) is 4.81. The summed E-state index contributed by atoms with van der Waals surface area (Å²) < 4.78 is 0. The van der Waals surface area contributed by atoms with E-state index in [0.717, 1.165) is 40.3 Å². The van der Waals surface area contributed by atoms with Crippen LogP contribution < -0.4 is 15.9 Å². The van der Waals surface area contributed by atoms with Gasteiger partial charge in [-0.1, -0.05) is 49.4 Å². The maximum absolute atomic E-state index is 12.7. The molecule has 1 amide bonds. The number of anilines is 1. The summed E-state index contributed by atoms with van der Waals surface area (Å²) in [4.78, 5) is 14.6. The SMILES string of the molecule is CCC(=O)N1Cc2ccccc2C2=C(NNN2CC)c2ccccc21. The van der Waals surface area contributed by atoms with Gasteiger partial charge in [-0.2, -0.15) is 0 Å². The second-order valence-electron chi connectivity index (χ2n) is 6.21. The zero-order chi connectivity index (χ0) is 17.4. The number of carbonyl (C=O) groups is 1. The minimum absolute atomic E-state index is 0.129. The van der Waals surface area contributed by atoms with Crippen molar-refractivity contribution in [1.82, 2.24) is 16.0 Å². The Morgan fingerprint density at radius 2 is 1.76 bits per heavy atom. The van der Waals surface area contributed by atoms with E-state index in [2.05, 4.69) is 47.2 Å². The number of rotatable bonds is 2. The molecule has 5 nitrogen and oxygen atoms in total. The number of nitrogens with zero attached hydrogens (tertiary/aromatic N) is 2. The van der Waals surface area contributed by atoms with Crippen LogP contribution in [-0.4, -0.2) is 17.5 Å². The number of hydrogen-bond donors (Lipinski definition) is 2. The number of hydrazine groups is 2. The van der Waals surface area contributed by atoms with E-state index in [0.29, 0.717) is 13.0 Å². The Hall–Kier alpha value is -2.79. The maximum atomic E-state index is 12.7. The van der Waals surface area contributed by atoms with Gasteiger partial charge < -0.3 is 10.3 Å². The van der Waals surface area contributed by atoms with Gasteiger partial charge in [-0.3, -0.25) is 9.80 Å². The van der Waals surface area contributed by atoms with E-state index in [9.17, 15) is 4.79 Å². The van der Waals surface area contributed by atoms with Gasteiger partial charge in [-0.15, -0.1) is 5.53 Å². The Balaban J connectivity index is 2.02. The molecule has 0 saturated heterocycles. The van der Waals surface area contributed by atoms with Gasteiger partial charge in [0.05, 0.1) is 23.6 Å². The van der Waals surface area contributed by atoms with Gasteiger partial charge >= 0.3 is 0 Å². The standard InChI is InChI=1S/C20H22N4O/c1-3-18(25)23-13-14-9-5-6-10-15(14)20-19(21-22-24(20)4-2)16-11-7-8-12-17(16)23/h5-12,21-22H,3-4,13H2,1-2H3. The number of carbonyl (C=O) groups excluding carboxylic acids is 1. The van der Waals surface area contributed by atoms with Crippen LogP contribution in [0.1, 0.15) is 37.0 Å². The van der Waals surface area contributed by atoms with Gasteiger partial charge in [0.1, 0.15) is 0 Å². The number of nitrogens with one attached hydrogen (secondary N) is 2. The highest BCUT2D eigenvalue weighted by Gasteiger charge is 2.31. The Bertz CT molecular complexity index is 858. The lowest BCUT2D eigenvalue weighted by molar-refractivity contribution is -0.118. The molecule has 0 saturated carbocycles. The predicted molar refractivity (Wildman–Crippen MR) is 99.8 cm³/mol. The van der Waals surface area contributed by atoms with Crippen LogP contribution >= 0.6 is 0 Å². The molecule has 0 fully saturated rings. The van der Waals surface area contributed by atoms with Crippen molar-refractivity contribution in [3.63, 3.8) is 0 Å². The molecular weight excluding hydrogens is 312 g/mol. The van der Waals surface area contributed by atoms with Gasteiger partial charge in [0.2, 0.25) is 5.91 Å². The number of amides is 1. The van der Waals surface area contributed by atoms with Crippen molar-refractivity contribution in [3.05, 3.63) is 65.2 Å². The lowest BCUT2D eigenvalue weighted by Gasteiger charge is -2.29. The van der Waals surface area contributed by atoms with Crippen molar-refractivity contribution in [2.45, 2.75) is 26.8 Å². The summed E-state index contributed by atoms with van der Waals surface area (Å²) in [7, 11) is 0. The van der Waals surface area contributed by atoms with E-state index >= 15 is 0 Å². The minimum Gasteiger partial charge on any atom is -0.307 e. The molecule has 0 spiro atoms. The summed E-state index contributed by atoms with van der Waals surface area (Å²) >= 11 is 0. The van der Waals surface area contributed by atoms with Gasteiger partial charge in [-0.05, 0) is 18.6 Å². The topological polar surface area (TPSA) is 47.6 Å². The van der Waals surface area contributed by atoms with Gasteiger partial charge in [0, 0.05) is 24.1 Å². The molecule has 0 unspecified atom stereocenters. The molecule has 0 atom stereocenters. The van der Waals surface area contributed by atoms with Crippen LogP contribution in [0.5, 0.6) is 0 Å². The molecule has 0 bridgehead atoms. The first kappa shape index (κ1) is 15.7. The van der Waals surface area contributed by atoms with Crippen molar-refractivity contribution in [2.24, 2.45) is 0 Å². The molecule has 128 valence electrons. The fraction of sp³-hybridized carbons (Fsp3) is 0.250. The van der Waals surface area contributed by atoms with E-state index in [1.54, 1.807) is 0 Å². The quantitative estimate of drug-likeness (QED) is 0.886. The van der Waals surface area contributed by atoms with Crippen molar-refractivity contribution >= 4 is 23.0 Å². The average molecular weight is 334 g/mol. The van der Waals surface area contributed by atoms with Gasteiger partial charge in [-0.25, -0.2) is 0 Å². The highest BCUT2D eigenvalue weighted by Crippen LogP contribution is 2.39. The number of hydrogen-bond acceptors (Lipinski definition) is 4. The summed E-state index contributed by atoms with van der Waals surface area (Å²) in [5, 5.41) is 2.11. The molecule has 2 aromatic carbocycles. The van der Waals surface area contributed by atoms with Crippen molar-refractivity contribution in [3.8, 4) is 0 Å². The third kappa shape index (κ3) is 2.48. The second-order valence-corrected chi connectivity index (χ2v) is 6.21. The van der Waals surface area contributed by atoms with Crippen LogP contribution in [0, 0.1) is 0 Å². The highest BCUT2D eigenvalue weighted by molar-refractivity contribution is 6.01. The number of benzene rings is 2. The molecule has 0 aromatic heterocycles. The van der Waals surface area contributed by atoms with Gasteiger partial charge in [0.25, 0.3) is 0 Å². The van der Waals surface area contributed by atoms with Crippen LogP contribution in [0.2, 0.25) is 0 Å². The smallest absolute Gasteiger partial charge is 0.227 e. The Kier molecular flexibility index (Phi) is 3.93. The summed E-state index contributed by atoms with van der Waals surface area (Å²) in [6, 6.07) is 16.4. The van der Waals surface area contributed by atoms with Crippen LogP contribution in [-0.2, 0) is 11.3 Å². The Labute approximate surface area is 147 Å². The van der Waals surface area contributed by atoms with E-state index in [-0.39, 0.29) is 5.91 Å². The average Bonchev–Trinajstić information content (AvgIpc) is 3.08. The molecule has 4 rings (SSSR count). The van der Waals surface area contributed by atoms with E-state index in [4.69, 9.17) is 0 Å². The second kappa shape index (κ2) is 6.26. The fourth-order valence-corrected chi connectivity index (χ4v) is 3.56. The first-order valence-electron chi connectivity index (χ1n) is 8.76. The molecule has 0 aliphatic carbocycles. The minimum atomic E-state index is 0.129. The van der Waals surface area contributed by atoms with Crippen LogP contribution in [0.15, 0.2) is 48.5 Å². The summed E-state index contributed by atoms with van der Waals surface area (Å²) in [5.41, 5.74) is 13.0. The lowest BCUT2D eigenvalue weighted by atomic mass is 9.96. The van der Waals surface area contributed by atoms with E-state index in [1.807, 2.05) is 36.1 Å². The zero-order valence-corrected chi connectivity index (χ0v) is 14.5. The van der Waals surface area contributed by atoms with Crippen LogP contribution in [0.4, 0.5) is 5.69 Å². The molecule has 2 N–H and O–H groups in total. The van der Waals surface area contributed by atoms with Crippen molar-refractivity contribution in [1.29, 1.82) is 0 Å². The molecule has 2 heterocycles. The summed E-state index contributed by atoms with van der Waals surface area (Å²) in [6.07, 6.45) is 0.481. The summed E-state index contributed by atoms with van der Waals surface area (Å²) in [6.45, 7) is 5.44. The highest BCUT2D eigenvalue weighted by atomic mass is 16.2. The molecule has 0 radical (unpaired) electrons. The molecule has 2 aliphatic rings. The number of fused-ring (bicyclic) bond motifs is 4. The van der Waals surface area contributed by atoms with E-state index in [1.165, 1.54) is 0 Å². The fourth-order valence-electron chi connectivity index (χ4n) is 3.56. The lowest BCUT2D eigenvalue weighted by Crippen LogP contribution is -2.37. The first-order chi connectivity index (χ1) is 12.2.